The highest BCUT2D eigenvalue weighted by molar-refractivity contribution is 5.92. The van der Waals surface area contributed by atoms with Crippen molar-refractivity contribution in [3.63, 3.8) is 0 Å². The zero-order chi connectivity index (χ0) is 18.8. The summed E-state index contributed by atoms with van der Waals surface area (Å²) in [4.78, 5) is 25.4. The van der Waals surface area contributed by atoms with Gasteiger partial charge in [0.2, 0.25) is 11.8 Å². The second-order valence-electron chi connectivity index (χ2n) is 5.93. The topological polar surface area (TPSA) is 98.7 Å². The quantitative estimate of drug-likeness (QED) is 0.680. The van der Waals surface area contributed by atoms with Crippen LogP contribution in [0.3, 0.4) is 0 Å². The Morgan fingerprint density at radius 1 is 1.00 bits per heavy atom. The number of nitrogens with two attached hydrogens (primary N) is 2. The number of benzene rings is 2. The molecule has 0 unspecified atom stereocenters. The van der Waals surface area contributed by atoms with Crippen molar-refractivity contribution in [2.75, 3.05) is 19.7 Å². The van der Waals surface area contributed by atoms with Gasteiger partial charge in [0.15, 0.2) is 0 Å². The summed E-state index contributed by atoms with van der Waals surface area (Å²) in [6.45, 7) is 1.99. The predicted octanol–water partition coefficient (Wildman–Crippen LogP) is 1.93. The van der Waals surface area contributed by atoms with E-state index in [0.717, 1.165) is 12.0 Å². The van der Waals surface area contributed by atoms with Crippen LogP contribution >= 0.6 is 0 Å². The molecule has 6 heteroatoms. The minimum absolute atomic E-state index is 0.0241. The van der Waals surface area contributed by atoms with E-state index in [1.807, 2.05) is 35.2 Å². The van der Waals surface area contributed by atoms with Crippen molar-refractivity contribution < 1.29 is 14.3 Å². The number of primary amides is 1. The lowest BCUT2D eigenvalue weighted by Crippen LogP contribution is -2.33. The van der Waals surface area contributed by atoms with Gasteiger partial charge in [0.25, 0.3) is 0 Å². The van der Waals surface area contributed by atoms with E-state index in [1.54, 1.807) is 24.3 Å². The van der Waals surface area contributed by atoms with Crippen LogP contribution in [-0.2, 0) is 11.3 Å². The standard InChI is InChI=1S/C20H25N3O3/c21-12-4-13-23(15-16-5-2-1-3-6-16)19(24)11-14-26-18-9-7-17(8-10-18)20(22)25/h1-3,5-10H,4,11-15,21H2,(H2,22,25). The second-order valence-corrected chi connectivity index (χ2v) is 5.93. The zero-order valence-corrected chi connectivity index (χ0v) is 14.8. The van der Waals surface area contributed by atoms with Gasteiger partial charge in [0.1, 0.15) is 5.75 Å². The molecule has 2 amide bonds. The first-order valence-corrected chi connectivity index (χ1v) is 8.64. The van der Waals surface area contributed by atoms with Gasteiger partial charge in [0.05, 0.1) is 13.0 Å². The highest BCUT2D eigenvalue weighted by atomic mass is 16.5. The van der Waals surface area contributed by atoms with Crippen LogP contribution in [0.1, 0.15) is 28.8 Å². The molecule has 0 spiro atoms. The molecule has 4 N–H and O–H groups in total. The van der Waals surface area contributed by atoms with E-state index in [4.69, 9.17) is 16.2 Å². The molecule has 0 aliphatic rings. The summed E-state index contributed by atoms with van der Waals surface area (Å²) in [6, 6.07) is 16.4. The Hall–Kier alpha value is -2.86. The smallest absolute Gasteiger partial charge is 0.248 e. The molecule has 2 rings (SSSR count). The van der Waals surface area contributed by atoms with E-state index in [-0.39, 0.29) is 18.9 Å². The van der Waals surface area contributed by atoms with Crippen molar-refractivity contribution in [2.24, 2.45) is 11.5 Å². The Labute approximate surface area is 153 Å². The van der Waals surface area contributed by atoms with Crippen LogP contribution in [-0.4, -0.2) is 36.4 Å². The molecule has 6 nitrogen and oxygen atoms in total. The van der Waals surface area contributed by atoms with Gasteiger partial charge in [-0.05, 0) is 42.8 Å². The Kier molecular flexibility index (Phi) is 7.64. The number of ether oxygens (including phenoxy) is 1. The van der Waals surface area contributed by atoms with E-state index >= 15 is 0 Å². The van der Waals surface area contributed by atoms with Crippen molar-refractivity contribution in [3.8, 4) is 5.75 Å². The fourth-order valence-corrected chi connectivity index (χ4v) is 2.51. The van der Waals surface area contributed by atoms with Gasteiger partial charge < -0.3 is 21.1 Å². The van der Waals surface area contributed by atoms with Crippen LogP contribution in [0.5, 0.6) is 5.75 Å². The van der Waals surface area contributed by atoms with Crippen LogP contribution in [0.4, 0.5) is 0 Å². The highest BCUT2D eigenvalue weighted by Gasteiger charge is 2.13. The molecule has 0 saturated heterocycles. The van der Waals surface area contributed by atoms with Crippen molar-refractivity contribution in [2.45, 2.75) is 19.4 Å². The van der Waals surface area contributed by atoms with Crippen LogP contribution in [0.25, 0.3) is 0 Å². The molecule has 0 saturated carbocycles. The van der Waals surface area contributed by atoms with Gasteiger partial charge in [-0.1, -0.05) is 30.3 Å². The van der Waals surface area contributed by atoms with Crippen LogP contribution in [0.15, 0.2) is 54.6 Å². The van der Waals surface area contributed by atoms with Gasteiger partial charge in [-0.15, -0.1) is 0 Å². The summed E-state index contributed by atoms with van der Waals surface area (Å²) < 4.78 is 5.59. The second kappa shape index (κ2) is 10.2. The maximum absolute atomic E-state index is 12.5. The Morgan fingerprint density at radius 2 is 1.69 bits per heavy atom. The third-order valence-corrected chi connectivity index (χ3v) is 3.92. The number of carbonyl (C=O) groups excluding carboxylic acids is 2. The molecule has 0 fully saturated rings. The summed E-state index contributed by atoms with van der Waals surface area (Å²) in [5.41, 5.74) is 12.3. The molecule has 0 atom stereocenters. The summed E-state index contributed by atoms with van der Waals surface area (Å²) in [7, 11) is 0. The molecule has 26 heavy (non-hydrogen) atoms. The number of carbonyl (C=O) groups is 2. The molecule has 2 aromatic rings. The molecule has 138 valence electrons. The molecule has 2 aromatic carbocycles. The van der Waals surface area contributed by atoms with Crippen LogP contribution in [0, 0.1) is 0 Å². The molecular formula is C20H25N3O3. The van der Waals surface area contributed by atoms with E-state index in [0.29, 0.717) is 30.9 Å². The lowest BCUT2D eigenvalue weighted by atomic mass is 10.2. The number of hydrogen-bond acceptors (Lipinski definition) is 4. The third kappa shape index (κ3) is 6.22. The monoisotopic (exact) mass is 355 g/mol. The van der Waals surface area contributed by atoms with E-state index in [2.05, 4.69) is 0 Å². The number of rotatable bonds is 10. The predicted molar refractivity (Wildman–Crippen MR) is 101 cm³/mol. The van der Waals surface area contributed by atoms with Gasteiger partial charge in [-0.3, -0.25) is 9.59 Å². The fraction of sp³-hybridized carbons (Fsp3) is 0.300. The van der Waals surface area contributed by atoms with Crippen molar-refractivity contribution in [3.05, 3.63) is 65.7 Å². The Balaban J connectivity index is 1.86. The third-order valence-electron chi connectivity index (χ3n) is 3.92. The van der Waals surface area contributed by atoms with Crippen LogP contribution in [0.2, 0.25) is 0 Å². The molecule has 0 bridgehead atoms. The Bertz CT molecular complexity index is 702. The first-order valence-electron chi connectivity index (χ1n) is 8.64. The molecule has 0 aromatic heterocycles. The van der Waals surface area contributed by atoms with Gasteiger partial charge in [0, 0.05) is 18.7 Å². The van der Waals surface area contributed by atoms with Gasteiger partial charge in [-0.2, -0.15) is 0 Å². The van der Waals surface area contributed by atoms with Crippen molar-refractivity contribution >= 4 is 11.8 Å². The van der Waals surface area contributed by atoms with Crippen molar-refractivity contribution in [1.82, 2.24) is 4.90 Å². The van der Waals surface area contributed by atoms with E-state index in [1.165, 1.54) is 0 Å². The summed E-state index contributed by atoms with van der Waals surface area (Å²) in [5.74, 6) is 0.138. The molecule has 0 radical (unpaired) electrons. The first kappa shape index (κ1) is 19.5. The highest BCUT2D eigenvalue weighted by Crippen LogP contribution is 2.13. The fourth-order valence-electron chi connectivity index (χ4n) is 2.51. The maximum atomic E-state index is 12.5. The lowest BCUT2D eigenvalue weighted by molar-refractivity contribution is -0.132. The Morgan fingerprint density at radius 3 is 2.31 bits per heavy atom. The minimum Gasteiger partial charge on any atom is -0.493 e. The lowest BCUT2D eigenvalue weighted by Gasteiger charge is -2.23. The molecular weight excluding hydrogens is 330 g/mol. The molecule has 0 aliphatic heterocycles. The zero-order valence-electron chi connectivity index (χ0n) is 14.8. The maximum Gasteiger partial charge on any atom is 0.248 e. The SMILES string of the molecule is NCCCN(Cc1ccccc1)C(=O)CCOc1ccc(C(N)=O)cc1. The summed E-state index contributed by atoms with van der Waals surface area (Å²) in [6.07, 6.45) is 1.03. The summed E-state index contributed by atoms with van der Waals surface area (Å²) >= 11 is 0. The van der Waals surface area contributed by atoms with E-state index in [9.17, 15) is 9.59 Å². The largest absolute Gasteiger partial charge is 0.493 e. The number of amides is 2. The average molecular weight is 355 g/mol. The number of nitrogens with zero attached hydrogens (tertiary/aromatic N) is 1. The minimum atomic E-state index is -0.483. The van der Waals surface area contributed by atoms with Crippen LogP contribution < -0.4 is 16.2 Å². The number of hydrogen-bond donors (Lipinski definition) is 2. The van der Waals surface area contributed by atoms with Gasteiger partial charge >= 0.3 is 0 Å². The van der Waals surface area contributed by atoms with Crippen molar-refractivity contribution in [1.29, 1.82) is 0 Å². The molecule has 0 aliphatic carbocycles. The summed E-state index contributed by atoms with van der Waals surface area (Å²) in [5, 5.41) is 0. The van der Waals surface area contributed by atoms with Gasteiger partial charge in [-0.25, -0.2) is 0 Å². The first-order chi connectivity index (χ1) is 12.6. The average Bonchev–Trinajstić information content (AvgIpc) is 2.66. The van der Waals surface area contributed by atoms with E-state index < -0.39 is 5.91 Å². The molecule has 0 heterocycles. The normalized spacial score (nSPS) is 10.3.